The molecule has 1 aromatic carbocycles. The van der Waals surface area contributed by atoms with Crippen LogP contribution in [0.2, 0.25) is 10.0 Å². The third-order valence-electron chi connectivity index (χ3n) is 3.09. The van der Waals surface area contributed by atoms with Crippen molar-refractivity contribution >= 4 is 46.4 Å². The number of rotatable bonds is 1. The van der Waals surface area contributed by atoms with Crippen molar-refractivity contribution in [3.63, 3.8) is 0 Å². The summed E-state index contributed by atoms with van der Waals surface area (Å²) in [6.07, 6.45) is 0. The normalized spacial score (nSPS) is 18.4. The number of imide groups is 1. The number of carbonyl (C=O) groups is 2. The topological polar surface area (TPSA) is 75.4 Å². The van der Waals surface area contributed by atoms with E-state index >= 15 is 0 Å². The van der Waals surface area contributed by atoms with Gasteiger partial charge < -0.3 is 10.6 Å². The van der Waals surface area contributed by atoms with Gasteiger partial charge in [-0.15, -0.1) is 0 Å². The smallest absolute Gasteiger partial charge is 0.251 e. The molecule has 0 unspecified atom stereocenters. The van der Waals surface area contributed by atoms with Crippen LogP contribution in [0.15, 0.2) is 12.1 Å². The molecule has 2 amide bonds. The monoisotopic (exact) mass is 301 g/mol. The lowest BCUT2D eigenvalue weighted by Crippen LogP contribution is -2.64. The molecule has 3 N–H and O–H groups in total. The van der Waals surface area contributed by atoms with Gasteiger partial charge in [-0.3, -0.25) is 14.9 Å². The quantitative estimate of drug-likeness (QED) is 0.613. The number of nitrogens with zero attached hydrogens (tertiary/aromatic N) is 1. The highest BCUT2D eigenvalue weighted by Crippen LogP contribution is 2.39. The second kappa shape index (κ2) is 4.58. The molecule has 0 bridgehead atoms. The van der Waals surface area contributed by atoms with E-state index < -0.39 is 17.4 Å². The number of nitrogen functional groups attached to an aromatic ring is 1. The fourth-order valence-corrected chi connectivity index (χ4v) is 2.69. The highest BCUT2D eigenvalue weighted by molar-refractivity contribution is 6.40. The molecule has 0 aromatic heterocycles. The van der Waals surface area contributed by atoms with Crippen molar-refractivity contribution in [3.8, 4) is 0 Å². The van der Waals surface area contributed by atoms with Crippen molar-refractivity contribution in [1.29, 1.82) is 0 Å². The van der Waals surface area contributed by atoms with Crippen LogP contribution in [0.25, 0.3) is 0 Å². The lowest BCUT2D eigenvalue weighted by Gasteiger charge is -2.42. The standard InChI is InChI=1S/C12H13Cl2N3O2/c1-12(2)11(19)16-9(18)5-17(12)10-7(13)3-6(15)4-8(10)14/h3-4H,5,15H2,1-2H3,(H,16,18,19). The Kier molecular flexibility index (Phi) is 3.36. The summed E-state index contributed by atoms with van der Waals surface area (Å²) in [5.41, 5.74) is 5.57. The molecular weight excluding hydrogens is 289 g/mol. The summed E-state index contributed by atoms with van der Waals surface area (Å²) in [4.78, 5) is 25.0. The van der Waals surface area contributed by atoms with E-state index in [1.165, 1.54) is 12.1 Å². The first-order valence-electron chi connectivity index (χ1n) is 5.60. The van der Waals surface area contributed by atoms with E-state index in [9.17, 15) is 9.59 Å². The van der Waals surface area contributed by atoms with Crippen molar-refractivity contribution in [1.82, 2.24) is 5.32 Å². The molecule has 0 radical (unpaired) electrons. The van der Waals surface area contributed by atoms with Crippen LogP contribution in [-0.2, 0) is 9.59 Å². The Morgan fingerprint density at radius 3 is 2.32 bits per heavy atom. The number of nitrogens with two attached hydrogens (primary N) is 1. The summed E-state index contributed by atoms with van der Waals surface area (Å²) in [5.74, 6) is -0.791. The summed E-state index contributed by atoms with van der Waals surface area (Å²) < 4.78 is 0. The molecule has 5 nitrogen and oxygen atoms in total. The molecule has 1 saturated heterocycles. The molecule has 1 heterocycles. The third kappa shape index (κ3) is 2.35. The Morgan fingerprint density at radius 2 is 1.79 bits per heavy atom. The van der Waals surface area contributed by atoms with E-state index in [4.69, 9.17) is 28.9 Å². The highest BCUT2D eigenvalue weighted by atomic mass is 35.5. The van der Waals surface area contributed by atoms with Gasteiger partial charge in [0.2, 0.25) is 5.91 Å². The molecule has 1 aliphatic heterocycles. The maximum atomic E-state index is 11.9. The van der Waals surface area contributed by atoms with Crippen LogP contribution in [0.5, 0.6) is 0 Å². The van der Waals surface area contributed by atoms with E-state index in [2.05, 4.69) is 5.32 Å². The van der Waals surface area contributed by atoms with Crippen LogP contribution in [0, 0.1) is 0 Å². The van der Waals surface area contributed by atoms with Crippen LogP contribution >= 0.6 is 23.2 Å². The van der Waals surface area contributed by atoms with E-state index in [1.807, 2.05) is 0 Å². The van der Waals surface area contributed by atoms with Crippen molar-refractivity contribution < 1.29 is 9.59 Å². The van der Waals surface area contributed by atoms with Gasteiger partial charge in [0.25, 0.3) is 5.91 Å². The number of hydrogen-bond donors (Lipinski definition) is 2. The summed E-state index contributed by atoms with van der Waals surface area (Å²) in [5, 5.41) is 2.90. The fraction of sp³-hybridized carbons (Fsp3) is 0.333. The Balaban J connectivity index is 2.56. The first kappa shape index (κ1) is 14.0. The Hall–Kier alpha value is -1.46. The van der Waals surface area contributed by atoms with Crippen LogP contribution in [0.1, 0.15) is 13.8 Å². The summed E-state index contributed by atoms with van der Waals surface area (Å²) in [6.45, 7) is 3.39. The van der Waals surface area contributed by atoms with Gasteiger partial charge in [0, 0.05) is 5.69 Å². The number of nitrogens with one attached hydrogen (secondary N) is 1. The predicted octanol–water partition coefficient (Wildman–Crippen LogP) is 1.82. The van der Waals surface area contributed by atoms with Gasteiger partial charge in [-0.25, -0.2) is 0 Å². The maximum Gasteiger partial charge on any atom is 0.251 e. The predicted molar refractivity (Wildman–Crippen MR) is 75.4 cm³/mol. The van der Waals surface area contributed by atoms with E-state index in [0.717, 1.165) is 0 Å². The van der Waals surface area contributed by atoms with Crippen molar-refractivity contribution in [2.24, 2.45) is 0 Å². The number of hydrogen-bond acceptors (Lipinski definition) is 4. The number of benzene rings is 1. The van der Waals surface area contributed by atoms with Crippen LogP contribution in [0.4, 0.5) is 11.4 Å². The molecule has 0 spiro atoms. The van der Waals surface area contributed by atoms with Crippen LogP contribution < -0.4 is 16.0 Å². The molecule has 2 rings (SSSR count). The lowest BCUT2D eigenvalue weighted by atomic mass is 9.97. The van der Waals surface area contributed by atoms with Gasteiger partial charge in [0.15, 0.2) is 0 Å². The zero-order valence-electron chi connectivity index (χ0n) is 10.5. The van der Waals surface area contributed by atoms with Crippen LogP contribution in [0.3, 0.4) is 0 Å². The molecule has 19 heavy (non-hydrogen) atoms. The number of carbonyl (C=O) groups excluding carboxylic acids is 2. The molecular formula is C12H13Cl2N3O2. The Labute approximate surface area is 120 Å². The zero-order chi connectivity index (χ0) is 14.4. The number of halogens is 2. The molecule has 102 valence electrons. The van der Waals surface area contributed by atoms with Gasteiger partial charge >= 0.3 is 0 Å². The molecule has 1 fully saturated rings. The molecule has 1 aromatic rings. The van der Waals surface area contributed by atoms with Gasteiger partial charge in [-0.05, 0) is 26.0 Å². The number of amides is 2. The van der Waals surface area contributed by atoms with Crippen molar-refractivity contribution in [2.45, 2.75) is 19.4 Å². The second-order valence-electron chi connectivity index (χ2n) is 4.86. The molecule has 7 heteroatoms. The largest absolute Gasteiger partial charge is 0.399 e. The van der Waals surface area contributed by atoms with Crippen molar-refractivity contribution in [2.75, 3.05) is 17.2 Å². The van der Waals surface area contributed by atoms with Gasteiger partial charge in [-0.1, -0.05) is 23.2 Å². The molecule has 0 saturated carbocycles. The third-order valence-corrected chi connectivity index (χ3v) is 3.67. The number of anilines is 2. The van der Waals surface area contributed by atoms with Gasteiger partial charge in [0.1, 0.15) is 5.54 Å². The van der Waals surface area contributed by atoms with Gasteiger partial charge in [0.05, 0.1) is 22.3 Å². The molecule has 0 atom stereocenters. The average molecular weight is 302 g/mol. The van der Waals surface area contributed by atoms with E-state index in [1.54, 1.807) is 18.7 Å². The minimum atomic E-state index is -0.933. The summed E-state index contributed by atoms with van der Waals surface area (Å²) in [7, 11) is 0. The minimum absolute atomic E-state index is 0.00208. The first-order valence-corrected chi connectivity index (χ1v) is 6.35. The Morgan fingerprint density at radius 1 is 1.26 bits per heavy atom. The highest BCUT2D eigenvalue weighted by Gasteiger charge is 2.42. The lowest BCUT2D eigenvalue weighted by molar-refractivity contribution is -0.135. The van der Waals surface area contributed by atoms with Gasteiger partial charge in [-0.2, -0.15) is 0 Å². The maximum absolute atomic E-state index is 11.9. The summed E-state index contributed by atoms with van der Waals surface area (Å²) in [6, 6.07) is 3.08. The van der Waals surface area contributed by atoms with E-state index in [-0.39, 0.29) is 6.54 Å². The Bertz CT molecular complexity index is 549. The number of piperazine rings is 1. The SMILES string of the molecule is CC1(C)C(=O)NC(=O)CN1c1c(Cl)cc(N)cc1Cl. The average Bonchev–Trinajstić information content (AvgIpc) is 2.24. The van der Waals surface area contributed by atoms with Crippen molar-refractivity contribution in [3.05, 3.63) is 22.2 Å². The molecule has 1 aliphatic rings. The molecule has 0 aliphatic carbocycles. The fourth-order valence-electron chi connectivity index (χ4n) is 1.98. The minimum Gasteiger partial charge on any atom is -0.399 e. The zero-order valence-corrected chi connectivity index (χ0v) is 12.0. The van der Waals surface area contributed by atoms with Crippen LogP contribution in [-0.4, -0.2) is 23.9 Å². The summed E-state index contributed by atoms with van der Waals surface area (Å²) >= 11 is 12.3. The first-order chi connectivity index (χ1) is 8.73. The second-order valence-corrected chi connectivity index (χ2v) is 5.67. The van der Waals surface area contributed by atoms with E-state index in [0.29, 0.717) is 21.4 Å².